The number of ether oxygens (including phenoxy) is 4. The molecule has 13 heteroatoms. The van der Waals surface area contributed by atoms with Crippen molar-refractivity contribution >= 4 is 34.5 Å². The molecule has 3 aromatic rings. The van der Waals surface area contributed by atoms with E-state index in [1.807, 2.05) is 30.5 Å². The van der Waals surface area contributed by atoms with Crippen LogP contribution in [0.1, 0.15) is 74.1 Å². The van der Waals surface area contributed by atoms with Crippen LogP contribution in [0.4, 0.5) is 0 Å². The molecular formula is C41H48N2O11. The number of aldehydes is 1. The van der Waals surface area contributed by atoms with Crippen LogP contribution in [0, 0.1) is 11.8 Å². The molecule has 0 unspecified atom stereocenters. The Balaban J connectivity index is 1.46. The molecule has 6 N–H and O–H groups in total. The summed E-state index contributed by atoms with van der Waals surface area (Å²) in [5, 5.41) is 47.6. The summed E-state index contributed by atoms with van der Waals surface area (Å²) in [6.07, 6.45) is 3.78. The molecule has 7 rings (SSSR count). The summed E-state index contributed by atoms with van der Waals surface area (Å²) >= 11 is 0. The van der Waals surface area contributed by atoms with Gasteiger partial charge in [0.05, 0.1) is 43.1 Å². The third-order valence-electron chi connectivity index (χ3n) is 11.5. The Morgan fingerprint density at radius 3 is 2.59 bits per heavy atom. The molecule has 54 heavy (non-hydrogen) atoms. The van der Waals surface area contributed by atoms with Crippen LogP contribution >= 0.6 is 0 Å². The van der Waals surface area contributed by atoms with Crippen molar-refractivity contribution < 1.29 is 53.8 Å². The predicted molar refractivity (Wildman–Crippen MR) is 197 cm³/mol. The second kappa shape index (κ2) is 15.7. The molecule has 4 aliphatic rings. The van der Waals surface area contributed by atoms with Crippen LogP contribution in [0.25, 0.3) is 16.5 Å². The van der Waals surface area contributed by atoms with Gasteiger partial charge in [0.15, 0.2) is 6.29 Å². The van der Waals surface area contributed by atoms with Crippen molar-refractivity contribution in [2.24, 2.45) is 11.8 Å². The minimum Gasteiger partial charge on any atom is -0.492 e. The number of hydrogen-bond donors (Lipinski definition) is 6. The fourth-order valence-corrected chi connectivity index (χ4v) is 8.64. The van der Waals surface area contributed by atoms with Crippen LogP contribution in [0.5, 0.6) is 17.2 Å². The first kappa shape index (κ1) is 37.8. The summed E-state index contributed by atoms with van der Waals surface area (Å²) in [6.45, 7) is 3.76. The molecular weight excluding hydrogens is 696 g/mol. The normalized spacial score (nSPS) is 24.0. The van der Waals surface area contributed by atoms with Crippen LogP contribution in [-0.4, -0.2) is 94.7 Å². The highest BCUT2D eigenvalue weighted by Crippen LogP contribution is 2.57. The van der Waals surface area contributed by atoms with Gasteiger partial charge in [-0.1, -0.05) is 11.6 Å². The largest absolute Gasteiger partial charge is 0.492 e. The molecule has 1 saturated heterocycles. The number of fused-ring (bicyclic) bond motifs is 3. The number of aromatic amines is 1. The molecule has 2 aromatic carbocycles. The van der Waals surface area contributed by atoms with Gasteiger partial charge in [0.25, 0.3) is 0 Å². The minimum atomic E-state index is -1.27. The van der Waals surface area contributed by atoms with Crippen molar-refractivity contribution in [2.45, 2.75) is 76.6 Å². The Morgan fingerprint density at radius 2 is 1.89 bits per heavy atom. The SMILES string of the molecule is CCOC(=O)C1=C(C=O)/C(=C2\C[C@H](CO)C(=O)[C@H](c3ccc4[nH]ccc4c3)C2)c2c(OCCCO)c3c(c(CO)c2O1)O[C@H]([C@](C)(O)C1CCNCC1)C3. The van der Waals surface area contributed by atoms with Gasteiger partial charge in [0, 0.05) is 54.1 Å². The summed E-state index contributed by atoms with van der Waals surface area (Å²) in [7, 11) is 0. The number of aliphatic hydroxyl groups excluding tert-OH is 3. The second-order valence-corrected chi connectivity index (χ2v) is 14.7. The van der Waals surface area contributed by atoms with E-state index in [1.165, 1.54) is 0 Å². The van der Waals surface area contributed by atoms with Crippen LogP contribution < -0.4 is 19.5 Å². The number of carbonyl (C=O) groups excluding carboxylic acids is 3. The standard InChI is InChI=1S/C41H48N2O11/c1-3-51-40(49)39-29(20-46)33(24-16-25(19-45)35(48)27(17-24)22-5-6-31-23(15-22)7-12-43-31)34-37(52-14-4-13-44)28-18-32(41(2,50)26-8-10-42-11-9-26)53-36(28)30(21-47)38(34)54-39/h5-7,12,15,20,25-27,32,42-45,47,50H,3-4,8-11,13-14,16-19,21H2,1-2H3/b33-24-/t25-,27+,32+,41-/m1/s1. The quantitative estimate of drug-likeness (QED) is 0.0900. The number of carbonyl (C=O) groups is 3. The molecule has 0 radical (unpaired) electrons. The zero-order valence-electron chi connectivity index (χ0n) is 30.6. The lowest BCUT2D eigenvalue weighted by Crippen LogP contribution is -2.51. The van der Waals surface area contributed by atoms with Gasteiger partial charge in [0.1, 0.15) is 34.7 Å². The molecule has 0 spiro atoms. The van der Waals surface area contributed by atoms with Crippen molar-refractivity contribution in [1.29, 1.82) is 0 Å². The highest BCUT2D eigenvalue weighted by molar-refractivity contribution is 6.11. The van der Waals surface area contributed by atoms with Gasteiger partial charge in [-0.05, 0) is 87.7 Å². The van der Waals surface area contributed by atoms with Crippen LogP contribution in [0.15, 0.2) is 47.4 Å². The molecule has 1 aromatic heterocycles. The zero-order valence-corrected chi connectivity index (χ0v) is 30.6. The van der Waals surface area contributed by atoms with Gasteiger partial charge < -0.3 is 49.7 Å². The van der Waals surface area contributed by atoms with Crippen LogP contribution in [-0.2, 0) is 32.1 Å². The summed E-state index contributed by atoms with van der Waals surface area (Å²) < 4.78 is 24.7. The molecule has 2 fully saturated rings. The number of hydrogen-bond acceptors (Lipinski definition) is 12. The van der Waals surface area contributed by atoms with Gasteiger partial charge in [0.2, 0.25) is 5.76 Å². The molecule has 1 aliphatic carbocycles. The number of piperidine rings is 1. The lowest BCUT2D eigenvalue weighted by Gasteiger charge is -2.39. The van der Waals surface area contributed by atoms with Crippen molar-refractivity contribution in [1.82, 2.24) is 10.3 Å². The molecule has 288 valence electrons. The van der Waals surface area contributed by atoms with Crippen molar-refractivity contribution in [2.75, 3.05) is 39.5 Å². The topological polar surface area (TPSA) is 197 Å². The van der Waals surface area contributed by atoms with Crippen molar-refractivity contribution in [3.63, 3.8) is 0 Å². The Labute approximate surface area is 312 Å². The summed E-state index contributed by atoms with van der Waals surface area (Å²) in [5.41, 5.74) is 2.17. The van der Waals surface area contributed by atoms with E-state index in [-0.39, 0.29) is 96.7 Å². The molecule has 1 saturated carbocycles. The van der Waals surface area contributed by atoms with E-state index < -0.39 is 48.5 Å². The number of allylic oxidation sites excluding steroid dienone is 3. The molecule has 13 nitrogen and oxygen atoms in total. The van der Waals surface area contributed by atoms with Gasteiger partial charge in [-0.2, -0.15) is 0 Å². The molecule has 3 aliphatic heterocycles. The number of benzene rings is 2. The Kier molecular flexibility index (Phi) is 11.0. The molecule has 4 heterocycles. The third-order valence-corrected chi connectivity index (χ3v) is 11.5. The number of H-pyrrole nitrogens is 1. The summed E-state index contributed by atoms with van der Waals surface area (Å²) in [4.78, 5) is 44.0. The lowest BCUT2D eigenvalue weighted by molar-refractivity contribution is -0.141. The first-order chi connectivity index (χ1) is 26.2. The van der Waals surface area contributed by atoms with Crippen LogP contribution in [0.3, 0.4) is 0 Å². The smallest absolute Gasteiger partial charge is 0.375 e. The van der Waals surface area contributed by atoms with Gasteiger partial charge in [-0.3, -0.25) is 9.59 Å². The number of rotatable bonds is 12. The van der Waals surface area contributed by atoms with Crippen LogP contribution in [0.2, 0.25) is 0 Å². The number of ketones is 1. The monoisotopic (exact) mass is 744 g/mol. The Morgan fingerprint density at radius 1 is 1.09 bits per heavy atom. The van der Waals surface area contributed by atoms with E-state index in [4.69, 9.17) is 18.9 Å². The highest BCUT2D eigenvalue weighted by atomic mass is 16.6. The summed E-state index contributed by atoms with van der Waals surface area (Å²) in [5.74, 6) is -2.49. The first-order valence-corrected chi connectivity index (χ1v) is 18.8. The predicted octanol–water partition coefficient (Wildman–Crippen LogP) is 3.39. The lowest BCUT2D eigenvalue weighted by atomic mass is 9.71. The van der Waals surface area contributed by atoms with E-state index in [2.05, 4.69) is 10.3 Å². The number of Topliss-reactive ketones (excluding diaryl/α,β-unsaturated/α-hetero) is 1. The van der Waals surface area contributed by atoms with E-state index in [0.717, 1.165) is 42.4 Å². The minimum absolute atomic E-state index is 0.00941. The molecule has 0 bridgehead atoms. The highest BCUT2D eigenvalue weighted by Gasteiger charge is 2.49. The van der Waals surface area contributed by atoms with Crippen molar-refractivity contribution in [3.05, 3.63) is 69.6 Å². The number of aliphatic hydroxyl groups is 4. The maximum atomic E-state index is 14.0. The fraction of sp³-hybridized carbons (Fsp3) is 0.488. The maximum Gasteiger partial charge on any atom is 0.375 e. The zero-order chi connectivity index (χ0) is 38.1. The van der Waals surface area contributed by atoms with Crippen molar-refractivity contribution in [3.8, 4) is 17.2 Å². The van der Waals surface area contributed by atoms with Gasteiger partial charge >= 0.3 is 5.97 Å². The van der Waals surface area contributed by atoms with E-state index in [1.54, 1.807) is 13.8 Å². The van der Waals surface area contributed by atoms with Gasteiger partial charge in [-0.15, -0.1) is 0 Å². The third kappa shape index (κ3) is 6.62. The molecule has 0 amide bonds. The summed E-state index contributed by atoms with van der Waals surface area (Å²) in [6, 6.07) is 7.61. The first-order valence-electron chi connectivity index (χ1n) is 18.8. The van der Waals surface area contributed by atoms with E-state index >= 15 is 0 Å². The maximum absolute atomic E-state index is 14.0. The average Bonchev–Trinajstić information content (AvgIpc) is 3.86. The Bertz CT molecular complexity index is 2000. The number of nitrogens with one attached hydrogen (secondary N) is 2. The van der Waals surface area contributed by atoms with E-state index in [0.29, 0.717) is 17.4 Å². The van der Waals surface area contributed by atoms with Gasteiger partial charge in [-0.25, -0.2) is 4.79 Å². The fourth-order valence-electron chi connectivity index (χ4n) is 8.64. The average molecular weight is 745 g/mol. The second-order valence-electron chi connectivity index (χ2n) is 14.7. The van der Waals surface area contributed by atoms with E-state index in [9.17, 15) is 34.8 Å². The molecule has 4 atom stereocenters. The number of esters is 1. The number of aromatic nitrogens is 1. The Hall–Kier alpha value is -4.53.